The topological polar surface area (TPSA) is 79.4 Å². The second kappa shape index (κ2) is 8.11. The van der Waals surface area contributed by atoms with Gasteiger partial charge >= 0.3 is 0 Å². The van der Waals surface area contributed by atoms with E-state index in [0.29, 0.717) is 5.69 Å². The van der Waals surface area contributed by atoms with E-state index in [1.165, 1.54) is 6.07 Å². The predicted molar refractivity (Wildman–Crippen MR) is 104 cm³/mol. The molecule has 0 atom stereocenters. The van der Waals surface area contributed by atoms with Gasteiger partial charge < -0.3 is 4.74 Å². The summed E-state index contributed by atoms with van der Waals surface area (Å²) < 4.78 is 5.66. The van der Waals surface area contributed by atoms with Crippen molar-refractivity contribution >= 4 is 12.2 Å². The molecule has 0 radical (unpaired) electrons. The van der Waals surface area contributed by atoms with Gasteiger partial charge in [-0.05, 0) is 31.5 Å². The van der Waals surface area contributed by atoms with Crippen molar-refractivity contribution in [3.05, 3.63) is 76.6 Å². The van der Waals surface area contributed by atoms with Crippen LogP contribution in [0.5, 0.6) is 5.75 Å². The maximum Gasteiger partial charge on any atom is 0.252 e. The largest absolute Gasteiger partial charge is 0.491 e. The molecule has 2 N–H and O–H groups in total. The molecular weight excluding hydrogens is 328 g/mol. The number of ether oxygens (including phenoxy) is 1. The monoisotopic (exact) mass is 348 g/mol. The molecule has 2 aromatic carbocycles. The number of H-pyrrole nitrogens is 1. The normalized spacial score (nSPS) is 11.0. The molecule has 0 bridgehead atoms. The summed E-state index contributed by atoms with van der Waals surface area (Å²) in [7, 11) is 0. The molecule has 0 saturated carbocycles. The Morgan fingerprint density at radius 3 is 2.69 bits per heavy atom. The average Bonchev–Trinajstić information content (AvgIpc) is 2.62. The molecule has 0 spiro atoms. The summed E-state index contributed by atoms with van der Waals surface area (Å²) >= 11 is 0. The molecular formula is C20H20N4O2. The molecule has 1 aromatic heterocycles. The Labute approximate surface area is 151 Å². The third-order valence-electron chi connectivity index (χ3n) is 3.43. The van der Waals surface area contributed by atoms with Crippen molar-refractivity contribution in [3.8, 4) is 17.0 Å². The van der Waals surface area contributed by atoms with E-state index in [1.807, 2.05) is 68.4 Å². The zero-order chi connectivity index (χ0) is 18.4. The van der Waals surface area contributed by atoms with Gasteiger partial charge in [0.05, 0.1) is 18.0 Å². The van der Waals surface area contributed by atoms with Gasteiger partial charge in [0.15, 0.2) is 0 Å². The Bertz CT molecular complexity index is 949. The molecule has 3 aromatic rings. The van der Waals surface area contributed by atoms with Crippen molar-refractivity contribution in [1.82, 2.24) is 9.97 Å². The Morgan fingerprint density at radius 2 is 1.92 bits per heavy atom. The summed E-state index contributed by atoms with van der Waals surface area (Å²) in [6.07, 6.45) is 1.75. The second-order valence-electron chi connectivity index (χ2n) is 5.95. The van der Waals surface area contributed by atoms with E-state index in [-0.39, 0.29) is 17.6 Å². The summed E-state index contributed by atoms with van der Waals surface area (Å²) in [5.74, 6) is 1.06. The SMILES string of the molecule is CC(C)Oc1cccc(/C=N\Nc2nc(-c3ccccc3)cc(=O)[nH]2)c1. The quantitative estimate of drug-likeness (QED) is 0.526. The smallest absolute Gasteiger partial charge is 0.252 e. The Balaban J connectivity index is 1.75. The van der Waals surface area contributed by atoms with Gasteiger partial charge in [-0.3, -0.25) is 9.78 Å². The van der Waals surface area contributed by atoms with E-state index in [1.54, 1.807) is 6.21 Å². The maximum atomic E-state index is 11.9. The van der Waals surface area contributed by atoms with E-state index in [2.05, 4.69) is 20.5 Å². The Hall–Kier alpha value is -3.41. The standard InChI is InChI=1S/C20H20N4O2/c1-14(2)26-17-10-6-7-15(11-17)13-21-24-20-22-18(12-19(25)23-20)16-8-4-3-5-9-16/h3-14H,1-2H3,(H2,22,23,24,25)/b21-13-. The second-order valence-corrected chi connectivity index (χ2v) is 5.95. The van der Waals surface area contributed by atoms with E-state index < -0.39 is 0 Å². The summed E-state index contributed by atoms with van der Waals surface area (Å²) in [4.78, 5) is 18.9. The highest BCUT2D eigenvalue weighted by atomic mass is 16.5. The van der Waals surface area contributed by atoms with Gasteiger partial charge in [-0.1, -0.05) is 42.5 Å². The number of hydrazone groups is 1. The first-order valence-corrected chi connectivity index (χ1v) is 8.33. The highest BCUT2D eigenvalue weighted by Gasteiger charge is 2.03. The fraction of sp³-hybridized carbons (Fsp3) is 0.150. The minimum absolute atomic E-state index is 0.107. The van der Waals surface area contributed by atoms with Crippen molar-refractivity contribution in [2.24, 2.45) is 5.10 Å². The lowest BCUT2D eigenvalue weighted by Crippen LogP contribution is -2.10. The van der Waals surface area contributed by atoms with Crippen LogP contribution in [0.4, 0.5) is 5.95 Å². The number of nitrogens with zero attached hydrogens (tertiary/aromatic N) is 2. The molecule has 6 heteroatoms. The van der Waals surface area contributed by atoms with Gasteiger partial charge in [-0.25, -0.2) is 10.4 Å². The number of nitrogens with one attached hydrogen (secondary N) is 2. The van der Waals surface area contributed by atoms with E-state index in [0.717, 1.165) is 16.9 Å². The predicted octanol–water partition coefficient (Wildman–Crippen LogP) is 3.67. The van der Waals surface area contributed by atoms with E-state index >= 15 is 0 Å². The Kier molecular flexibility index (Phi) is 5.43. The molecule has 0 saturated heterocycles. The molecule has 0 aliphatic heterocycles. The molecule has 0 aliphatic rings. The summed E-state index contributed by atoms with van der Waals surface area (Å²) in [5.41, 5.74) is 4.84. The first-order valence-electron chi connectivity index (χ1n) is 8.33. The first kappa shape index (κ1) is 17.4. The van der Waals surface area contributed by atoms with Crippen LogP contribution in [-0.4, -0.2) is 22.3 Å². The van der Waals surface area contributed by atoms with Gasteiger partial charge in [0.1, 0.15) is 5.75 Å². The third-order valence-corrected chi connectivity index (χ3v) is 3.43. The van der Waals surface area contributed by atoms with Crippen molar-refractivity contribution in [2.45, 2.75) is 20.0 Å². The fourth-order valence-electron chi connectivity index (χ4n) is 2.38. The number of benzene rings is 2. The van der Waals surface area contributed by atoms with Gasteiger partial charge in [-0.15, -0.1) is 0 Å². The number of rotatable bonds is 6. The molecule has 6 nitrogen and oxygen atoms in total. The lowest BCUT2D eigenvalue weighted by atomic mass is 10.1. The number of hydrogen-bond acceptors (Lipinski definition) is 5. The van der Waals surface area contributed by atoms with Crippen LogP contribution >= 0.6 is 0 Å². The summed E-state index contributed by atoms with van der Waals surface area (Å²) in [6.45, 7) is 3.95. The minimum atomic E-state index is -0.246. The van der Waals surface area contributed by atoms with Crippen LogP contribution in [0.1, 0.15) is 19.4 Å². The molecule has 0 fully saturated rings. The Morgan fingerprint density at radius 1 is 1.12 bits per heavy atom. The highest BCUT2D eigenvalue weighted by Crippen LogP contribution is 2.16. The van der Waals surface area contributed by atoms with Gasteiger partial charge in [-0.2, -0.15) is 5.10 Å². The van der Waals surface area contributed by atoms with E-state index in [9.17, 15) is 4.79 Å². The molecule has 132 valence electrons. The fourth-order valence-corrected chi connectivity index (χ4v) is 2.38. The van der Waals surface area contributed by atoms with Crippen LogP contribution in [0.2, 0.25) is 0 Å². The highest BCUT2D eigenvalue weighted by molar-refractivity contribution is 5.80. The van der Waals surface area contributed by atoms with Crippen molar-refractivity contribution in [3.63, 3.8) is 0 Å². The average molecular weight is 348 g/mol. The maximum absolute atomic E-state index is 11.9. The number of anilines is 1. The molecule has 26 heavy (non-hydrogen) atoms. The minimum Gasteiger partial charge on any atom is -0.491 e. The van der Waals surface area contributed by atoms with Crippen LogP contribution in [0.25, 0.3) is 11.3 Å². The number of aromatic amines is 1. The van der Waals surface area contributed by atoms with Gasteiger partial charge in [0.2, 0.25) is 5.95 Å². The lowest BCUT2D eigenvalue weighted by Gasteiger charge is -2.09. The van der Waals surface area contributed by atoms with Crippen LogP contribution in [-0.2, 0) is 0 Å². The van der Waals surface area contributed by atoms with Gasteiger partial charge in [0.25, 0.3) is 5.56 Å². The van der Waals surface area contributed by atoms with Crippen LogP contribution in [0, 0.1) is 0 Å². The zero-order valence-corrected chi connectivity index (χ0v) is 14.6. The molecule has 1 heterocycles. The van der Waals surface area contributed by atoms with Gasteiger partial charge in [0, 0.05) is 11.6 Å². The van der Waals surface area contributed by atoms with Crippen LogP contribution in [0.15, 0.2) is 70.6 Å². The van der Waals surface area contributed by atoms with Crippen molar-refractivity contribution in [2.75, 3.05) is 5.43 Å². The molecule has 3 rings (SSSR count). The third kappa shape index (κ3) is 4.80. The van der Waals surface area contributed by atoms with Crippen LogP contribution < -0.4 is 15.7 Å². The summed E-state index contributed by atoms with van der Waals surface area (Å²) in [6, 6.07) is 18.6. The molecule has 0 amide bonds. The molecule has 0 unspecified atom stereocenters. The van der Waals surface area contributed by atoms with E-state index in [4.69, 9.17) is 4.74 Å². The van der Waals surface area contributed by atoms with Crippen LogP contribution in [0.3, 0.4) is 0 Å². The summed E-state index contributed by atoms with van der Waals surface area (Å²) in [5, 5.41) is 4.14. The molecule has 0 aliphatic carbocycles. The lowest BCUT2D eigenvalue weighted by molar-refractivity contribution is 0.242. The van der Waals surface area contributed by atoms with Crippen molar-refractivity contribution < 1.29 is 4.74 Å². The number of aromatic nitrogens is 2. The first-order chi connectivity index (χ1) is 12.6. The number of hydrogen-bond donors (Lipinski definition) is 2. The van der Waals surface area contributed by atoms with Crippen molar-refractivity contribution in [1.29, 1.82) is 0 Å². The zero-order valence-electron chi connectivity index (χ0n) is 14.6.